The second-order valence-electron chi connectivity index (χ2n) is 5.75. The molecule has 7 heteroatoms. The van der Waals surface area contributed by atoms with Crippen LogP contribution in [0.3, 0.4) is 0 Å². The second kappa shape index (κ2) is 5.13. The Morgan fingerprint density at radius 1 is 1.35 bits per heavy atom. The van der Waals surface area contributed by atoms with Crippen molar-refractivity contribution in [2.45, 2.75) is 56.5 Å². The van der Waals surface area contributed by atoms with Crippen molar-refractivity contribution in [3.05, 3.63) is 11.5 Å². The molecule has 1 unspecified atom stereocenters. The van der Waals surface area contributed by atoms with Gasteiger partial charge >= 0.3 is 0 Å². The molecule has 1 aliphatic carbocycles. The quantitative estimate of drug-likeness (QED) is 0.884. The first kappa shape index (κ1) is 14.0. The van der Waals surface area contributed by atoms with Gasteiger partial charge in [-0.1, -0.05) is 5.16 Å². The number of hydrogen-bond acceptors (Lipinski definition) is 5. The Balaban J connectivity index is 1.89. The van der Waals surface area contributed by atoms with E-state index in [1.165, 1.54) is 0 Å². The van der Waals surface area contributed by atoms with E-state index in [-0.39, 0.29) is 17.0 Å². The van der Waals surface area contributed by atoms with Crippen LogP contribution in [0.1, 0.15) is 37.1 Å². The lowest BCUT2D eigenvalue weighted by atomic mass is 10.2. The molecule has 1 N–H and O–H groups in total. The van der Waals surface area contributed by atoms with Crippen LogP contribution >= 0.6 is 0 Å². The summed E-state index contributed by atoms with van der Waals surface area (Å²) in [6.45, 7) is 4.87. The van der Waals surface area contributed by atoms with E-state index < -0.39 is 10.0 Å². The standard InChI is InChI=1S/C13H21N3O3S/c1-9-13(10(2)19-15-9)20(17,18)16(12-5-6-12)8-11-4-3-7-14-11/h11-12,14H,3-8H2,1-2H3. The molecule has 2 aliphatic rings. The maximum atomic E-state index is 12.9. The largest absolute Gasteiger partial charge is 0.360 e. The molecule has 6 nitrogen and oxygen atoms in total. The number of sulfonamides is 1. The number of hydrogen-bond donors (Lipinski definition) is 1. The summed E-state index contributed by atoms with van der Waals surface area (Å²) in [5, 5.41) is 7.15. The van der Waals surface area contributed by atoms with Gasteiger partial charge in [0.2, 0.25) is 10.0 Å². The highest BCUT2D eigenvalue weighted by Gasteiger charge is 2.41. The van der Waals surface area contributed by atoms with Crippen molar-refractivity contribution in [2.75, 3.05) is 13.1 Å². The zero-order valence-electron chi connectivity index (χ0n) is 11.9. The first-order chi connectivity index (χ1) is 9.50. The van der Waals surface area contributed by atoms with Gasteiger partial charge in [-0.3, -0.25) is 0 Å². The van der Waals surface area contributed by atoms with Gasteiger partial charge in [0.1, 0.15) is 10.6 Å². The summed E-state index contributed by atoms with van der Waals surface area (Å²) in [7, 11) is -3.51. The van der Waals surface area contributed by atoms with Crippen LogP contribution in [0, 0.1) is 13.8 Å². The number of nitrogens with zero attached hydrogens (tertiary/aromatic N) is 2. The van der Waals surface area contributed by atoms with Gasteiger partial charge in [0, 0.05) is 18.6 Å². The Bertz CT molecular complexity index is 567. The molecule has 0 spiro atoms. The highest BCUT2D eigenvalue weighted by Crippen LogP contribution is 2.34. The van der Waals surface area contributed by atoms with Gasteiger partial charge < -0.3 is 9.84 Å². The van der Waals surface area contributed by atoms with Crippen molar-refractivity contribution in [1.82, 2.24) is 14.8 Å². The third-order valence-corrected chi connectivity index (χ3v) is 6.21. The Kier molecular flexibility index (Phi) is 3.60. The summed E-state index contributed by atoms with van der Waals surface area (Å²) in [6, 6.07) is 0.418. The number of aromatic nitrogens is 1. The average molecular weight is 299 g/mol. The predicted octanol–water partition coefficient (Wildman–Crippen LogP) is 1.20. The van der Waals surface area contributed by atoms with Crippen molar-refractivity contribution in [2.24, 2.45) is 0 Å². The van der Waals surface area contributed by atoms with Crippen LogP contribution in [0.2, 0.25) is 0 Å². The molecule has 1 aromatic rings. The molecule has 0 amide bonds. The lowest BCUT2D eigenvalue weighted by molar-refractivity contribution is 0.360. The van der Waals surface area contributed by atoms with Crippen LogP contribution in [-0.4, -0.2) is 43.1 Å². The molecule has 1 saturated heterocycles. The van der Waals surface area contributed by atoms with E-state index in [1.807, 2.05) is 0 Å². The summed E-state index contributed by atoms with van der Waals surface area (Å²) in [6.07, 6.45) is 4.07. The predicted molar refractivity (Wildman–Crippen MR) is 73.9 cm³/mol. The van der Waals surface area contributed by atoms with Gasteiger partial charge in [-0.15, -0.1) is 0 Å². The number of rotatable bonds is 5. The molecule has 2 heterocycles. The first-order valence-corrected chi connectivity index (χ1v) is 8.62. The Hall–Kier alpha value is -0.920. The zero-order valence-corrected chi connectivity index (χ0v) is 12.7. The molecule has 1 aromatic heterocycles. The fraction of sp³-hybridized carbons (Fsp3) is 0.769. The van der Waals surface area contributed by atoms with E-state index in [4.69, 9.17) is 4.52 Å². The molecule has 2 fully saturated rings. The van der Waals surface area contributed by atoms with E-state index in [1.54, 1.807) is 18.2 Å². The summed E-state index contributed by atoms with van der Waals surface area (Å²) >= 11 is 0. The van der Waals surface area contributed by atoms with Crippen molar-refractivity contribution < 1.29 is 12.9 Å². The third kappa shape index (κ3) is 2.49. The van der Waals surface area contributed by atoms with E-state index in [0.29, 0.717) is 18.0 Å². The summed E-state index contributed by atoms with van der Waals surface area (Å²) in [5.41, 5.74) is 0.451. The van der Waals surface area contributed by atoms with Crippen molar-refractivity contribution >= 4 is 10.0 Å². The van der Waals surface area contributed by atoms with Gasteiger partial charge in [-0.05, 0) is 46.1 Å². The maximum Gasteiger partial charge on any atom is 0.248 e. The summed E-state index contributed by atoms with van der Waals surface area (Å²) in [5.74, 6) is 0.382. The minimum atomic E-state index is -3.51. The highest BCUT2D eigenvalue weighted by molar-refractivity contribution is 7.89. The SMILES string of the molecule is Cc1noc(C)c1S(=O)(=O)N(CC1CCCN1)C1CC1. The van der Waals surface area contributed by atoms with Gasteiger partial charge in [-0.25, -0.2) is 8.42 Å². The Labute approximate surface area is 119 Å². The van der Waals surface area contributed by atoms with Gasteiger partial charge in [0.15, 0.2) is 5.76 Å². The van der Waals surface area contributed by atoms with Crippen LogP contribution < -0.4 is 5.32 Å². The second-order valence-corrected chi connectivity index (χ2v) is 7.58. The van der Waals surface area contributed by atoms with Crippen LogP contribution in [-0.2, 0) is 10.0 Å². The third-order valence-electron chi connectivity index (χ3n) is 4.05. The van der Waals surface area contributed by atoms with Crippen molar-refractivity contribution in [3.8, 4) is 0 Å². The zero-order chi connectivity index (χ0) is 14.3. The van der Waals surface area contributed by atoms with E-state index in [2.05, 4.69) is 10.5 Å². The Morgan fingerprint density at radius 3 is 2.60 bits per heavy atom. The molecular formula is C13H21N3O3S. The van der Waals surface area contributed by atoms with E-state index in [0.717, 1.165) is 32.2 Å². The summed E-state index contributed by atoms with van der Waals surface area (Å²) in [4.78, 5) is 0.252. The van der Waals surface area contributed by atoms with E-state index in [9.17, 15) is 8.42 Å². The van der Waals surface area contributed by atoms with Crippen LogP contribution in [0.4, 0.5) is 0 Å². The van der Waals surface area contributed by atoms with Crippen molar-refractivity contribution in [1.29, 1.82) is 0 Å². The number of aryl methyl sites for hydroxylation is 2. The smallest absolute Gasteiger partial charge is 0.248 e. The van der Waals surface area contributed by atoms with Crippen LogP contribution in [0.25, 0.3) is 0 Å². The maximum absolute atomic E-state index is 12.9. The minimum absolute atomic E-state index is 0.149. The lowest BCUT2D eigenvalue weighted by Gasteiger charge is -2.24. The Morgan fingerprint density at radius 2 is 2.10 bits per heavy atom. The fourth-order valence-electron chi connectivity index (χ4n) is 2.90. The van der Waals surface area contributed by atoms with Crippen LogP contribution in [0.5, 0.6) is 0 Å². The monoisotopic (exact) mass is 299 g/mol. The first-order valence-electron chi connectivity index (χ1n) is 7.18. The molecule has 0 radical (unpaired) electrons. The molecule has 0 bridgehead atoms. The van der Waals surface area contributed by atoms with Gasteiger partial charge in [-0.2, -0.15) is 4.31 Å². The molecule has 112 valence electrons. The lowest BCUT2D eigenvalue weighted by Crippen LogP contribution is -2.42. The molecule has 3 rings (SSSR count). The molecule has 1 atom stereocenters. The minimum Gasteiger partial charge on any atom is -0.360 e. The molecular weight excluding hydrogens is 278 g/mol. The molecule has 1 saturated carbocycles. The highest BCUT2D eigenvalue weighted by atomic mass is 32.2. The summed E-state index contributed by atoms with van der Waals surface area (Å²) < 4.78 is 32.5. The molecule has 0 aromatic carbocycles. The molecule has 20 heavy (non-hydrogen) atoms. The molecule has 1 aliphatic heterocycles. The fourth-order valence-corrected chi connectivity index (χ4v) is 4.92. The topological polar surface area (TPSA) is 75.4 Å². The van der Waals surface area contributed by atoms with E-state index >= 15 is 0 Å². The van der Waals surface area contributed by atoms with Crippen molar-refractivity contribution in [3.63, 3.8) is 0 Å². The van der Waals surface area contributed by atoms with Gasteiger partial charge in [0.05, 0.1) is 0 Å². The normalized spacial score (nSPS) is 23.6. The average Bonchev–Trinajstić information content (AvgIpc) is 2.97. The van der Waals surface area contributed by atoms with Crippen LogP contribution in [0.15, 0.2) is 9.42 Å². The number of nitrogens with one attached hydrogen (secondary N) is 1. The van der Waals surface area contributed by atoms with Gasteiger partial charge in [0.25, 0.3) is 0 Å².